The molecule has 1 N–H and O–H groups in total. The van der Waals surface area contributed by atoms with Crippen LogP contribution in [0.4, 0.5) is 5.69 Å². The zero-order valence-electron chi connectivity index (χ0n) is 21.1. The molecular weight excluding hydrogens is 432 g/mol. The molecule has 188 valence electrons. The first-order chi connectivity index (χ1) is 16.2. The van der Waals surface area contributed by atoms with Gasteiger partial charge in [0.1, 0.15) is 11.9 Å². The largest absolute Gasteiger partial charge is 0.495 e. The molecule has 0 bridgehead atoms. The molecule has 2 saturated heterocycles. The summed E-state index contributed by atoms with van der Waals surface area (Å²) < 4.78 is 17.4. The van der Waals surface area contributed by atoms with Gasteiger partial charge in [0.05, 0.1) is 29.9 Å². The van der Waals surface area contributed by atoms with Crippen molar-refractivity contribution < 1.29 is 24.1 Å². The van der Waals surface area contributed by atoms with Crippen LogP contribution in [0.25, 0.3) is 0 Å². The van der Waals surface area contributed by atoms with Crippen LogP contribution in [-0.4, -0.2) is 80.2 Å². The fourth-order valence-electron chi connectivity index (χ4n) is 7.43. The van der Waals surface area contributed by atoms with Crippen LogP contribution in [0.15, 0.2) is 24.3 Å². The second-order valence-corrected chi connectivity index (χ2v) is 11.3. The van der Waals surface area contributed by atoms with Gasteiger partial charge in [-0.3, -0.25) is 9.69 Å². The molecular formula is C27H40N2O5. The first-order valence-corrected chi connectivity index (χ1v) is 12.8. The fourth-order valence-corrected chi connectivity index (χ4v) is 7.43. The van der Waals surface area contributed by atoms with E-state index in [2.05, 4.69) is 29.7 Å². The molecule has 4 fully saturated rings. The first kappa shape index (κ1) is 23.9. The maximum atomic E-state index is 13.0. The van der Waals surface area contributed by atoms with Crippen LogP contribution in [-0.2, 0) is 14.3 Å². The molecule has 2 aliphatic heterocycles. The fraction of sp³-hybridized carbons (Fsp3) is 0.741. The van der Waals surface area contributed by atoms with Gasteiger partial charge in [-0.1, -0.05) is 19.1 Å². The van der Waals surface area contributed by atoms with Gasteiger partial charge in [-0.15, -0.1) is 0 Å². The highest BCUT2D eigenvalue weighted by Gasteiger charge is 2.67. The predicted molar refractivity (Wildman–Crippen MR) is 130 cm³/mol. The minimum Gasteiger partial charge on any atom is -0.495 e. The summed E-state index contributed by atoms with van der Waals surface area (Å²) in [6, 6.07) is 8.13. The number of methoxy groups -OCH3 is 2. The Labute approximate surface area is 203 Å². The lowest BCUT2D eigenvalue weighted by atomic mass is 9.49. The number of aliphatic hydroxyl groups is 1. The van der Waals surface area contributed by atoms with Crippen LogP contribution in [0.3, 0.4) is 0 Å². The highest BCUT2D eigenvalue weighted by atomic mass is 16.6. The molecule has 7 nitrogen and oxygen atoms in total. The molecule has 6 atom stereocenters. The lowest BCUT2D eigenvalue weighted by molar-refractivity contribution is -0.270. The van der Waals surface area contributed by atoms with Crippen LogP contribution in [0.2, 0.25) is 0 Å². The van der Waals surface area contributed by atoms with Crippen molar-refractivity contribution in [3.63, 3.8) is 0 Å². The second-order valence-electron chi connectivity index (χ2n) is 11.3. The van der Waals surface area contributed by atoms with E-state index in [0.29, 0.717) is 13.0 Å². The zero-order chi connectivity index (χ0) is 24.1. The number of benzene rings is 1. The summed E-state index contributed by atoms with van der Waals surface area (Å²) in [6.45, 7) is 8.45. The lowest BCUT2D eigenvalue weighted by Crippen LogP contribution is -2.69. The SMILES string of the molecule is COc1ccccc1N1CCN(C[C@@H]2C(=O)O[C@@H]3C[C@@]4(C)CCC[C@@](C)(OC)[C@@]4(O)C[C@H]23)CC1. The van der Waals surface area contributed by atoms with Crippen molar-refractivity contribution in [3.05, 3.63) is 24.3 Å². The van der Waals surface area contributed by atoms with Crippen LogP contribution < -0.4 is 9.64 Å². The number of hydrogen-bond donors (Lipinski definition) is 1. The predicted octanol–water partition coefficient (Wildman–Crippen LogP) is 3.10. The number of fused-ring (bicyclic) bond motifs is 2. The highest BCUT2D eigenvalue weighted by Crippen LogP contribution is 2.61. The summed E-state index contributed by atoms with van der Waals surface area (Å²) in [6.07, 6.45) is 3.99. The Bertz CT molecular complexity index is 918. The van der Waals surface area contributed by atoms with Crippen molar-refractivity contribution in [2.24, 2.45) is 17.3 Å². The molecule has 34 heavy (non-hydrogen) atoms. The molecule has 2 saturated carbocycles. The Kier molecular flexibility index (Phi) is 6.10. The van der Waals surface area contributed by atoms with E-state index in [0.717, 1.165) is 63.3 Å². The average molecular weight is 473 g/mol. The summed E-state index contributed by atoms with van der Waals surface area (Å²) in [7, 11) is 3.42. The Morgan fingerprint density at radius 1 is 1.09 bits per heavy atom. The summed E-state index contributed by atoms with van der Waals surface area (Å²) in [4.78, 5) is 17.8. The molecule has 0 amide bonds. The molecule has 4 aliphatic rings. The van der Waals surface area contributed by atoms with Gasteiger partial charge >= 0.3 is 5.97 Å². The van der Waals surface area contributed by atoms with Gasteiger partial charge in [-0.25, -0.2) is 0 Å². The summed E-state index contributed by atoms with van der Waals surface area (Å²) in [5, 5.41) is 12.1. The number of rotatable bonds is 5. The number of ether oxygens (including phenoxy) is 3. The topological polar surface area (TPSA) is 71.5 Å². The van der Waals surface area contributed by atoms with E-state index in [4.69, 9.17) is 14.2 Å². The number of carbonyl (C=O) groups is 1. The van der Waals surface area contributed by atoms with Gasteiger partial charge in [0.15, 0.2) is 0 Å². The Morgan fingerprint density at radius 3 is 2.53 bits per heavy atom. The number of para-hydroxylation sites is 2. The van der Waals surface area contributed by atoms with Crippen LogP contribution in [0.1, 0.15) is 46.0 Å². The van der Waals surface area contributed by atoms with E-state index < -0.39 is 11.2 Å². The molecule has 0 spiro atoms. The molecule has 7 heteroatoms. The van der Waals surface area contributed by atoms with E-state index >= 15 is 0 Å². The Morgan fingerprint density at radius 2 is 1.82 bits per heavy atom. The minimum atomic E-state index is -0.955. The smallest absolute Gasteiger partial charge is 0.310 e. The monoisotopic (exact) mass is 472 g/mol. The van der Waals surface area contributed by atoms with E-state index in [9.17, 15) is 9.90 Å². The standard InChI is InChI=1S/C27H40N2O5/c1-25-10-7-11-26(2,33-4)27(25,31)16-19-20(24(30)34-23(19)17-25)18-28-12-14-29(15-13-28)21-8-5-6-9-22(21)32-3/h5-6,8-9,19-20,23,31H,7,10-18H2,1-4H3/t19-,20+,23-,25-,26-,27-/m1/s1. The lowest BCUT2D eigenvalue weighted by Gasteiger charge is -2.62. The molecule has 0 radical (unpaired) electrons. The van der Waals surface area contributed by atoms with Crippen molar-refractivity contribution in [3.8, 4) is 5.75 Å². The quantitative estimate of drug-likeness (QED) is 0.661. The third kappa shape index (κ3) is 3.62. The average Bonchev–Trinajstić information content (AvgIpc) is 3.12. The van der Waals surface area contributed by atoms with Gasteiger partial charge in [-0.2, -0.15) is 0 Å². The Hall–Kier alpha value is -1.83. The van der Waals surface area contributed by atoms with Gasteiger partial charge in [-0.05, 0) is 51.2 Å². The van der Waals surface area contributed by atoms with Crippen molar-refractivity contribution in [1.29, 1.82) is 0 Å². The first-order valence-electron chi connectivity index (χ1n) is 12.8. The van der Waals surface area contributed by atoms with Crippen LogP contribution in [0, 0.1) is 17.3 Å². The van der Waals surface area contributed by atoms with Crippen LogP contribution >= 0.6 is 0 Å². The van der Waals surface area contributed by atoms with Crippen molar-refractivity contribution >= 4 is 11.7 Å². The summed E-state index contributed by atoms with van der Waals surface area (Å²) in [5.41, 5.74) is -0.730. The van der Waals surface area contributed by atoms with Gasteiger partial charge in [0.25, 0.3) is 0 Å². The van der Waals surface area contributed by atoms with Crippen molar-refractivity contribution in [2.75, 3.05) is 51.8 Å². The molecule has 2 heterocycles. The Balaban J connectivity index is 1.28. The highest BCUT2D eigenvalue weighted by molar-refractivity contribution is 5.75. The number of anilines is 1. The summed E-state index contributed by atoms with van der Waals surface area (Å²) in [5.74, 6) is 0.641. The molecule has 1 aromatic carbocycles. The van der Waals surface area contributed by atoms with Gasteiger partial charge < -0.3 is 24.2 Å². The number of esters is 1. The third-order valence-corrected chi connectivity index (χ3v) is 9.71. The zero-order valence-corrected chi connectivity index (χ0v) is 21.1. The molecule has 5 rings (SSSR count). The van der Waals surface area contributed by atoms with Crippen molar-refractivity contribution in [2.45, 2.75) is 63.3 Å². The van der Waals surface area contributed by atoms with E-state index in [1.807, 2.05) is 18.2 Å². The number of carbonyl (C=O) groups excluding carboxylic acids is 1. The van der Waals surface area contributed by atoms with Gasteiger partial charge in [0, 0.05) is 51.2 Å². The maximum absolute atomic E-state index is 13.0. The van der Waals surface area contributed by atoms with Crippen LogP contribution in [0.5, 0.6) is 5.75 Å². The van der Waals surface area contributed by atoms with E-state index in [1.54, 1.807) is 14.2 Å². The normalized spacial score (nSPS) is 40.4. The number of piperazine rings is 1. The molecule has 0 aromatic heterocycles. The molecule has 2 aliphatic carbocycles. The number of hydrogen-bond acceptors (Lipinski definition) is 7. The van der Waals surface area contributed by atoms with Gasteiger partial charge in [0.2, 0.25) is 0 Å². The summed E-state index contributed by atoms with van der Waals surface area (Å²) >= 11 is 0. The third-order valence-electron chi connectivity index (χ3n) is 9.71. The number of nitrogens with zero attached hydrogens (tertiary/aromatic N) is 2. The minimum absolute atomic E-state index is 0.0328. The van der Waals surface area contributed by atoms with E-state index in [1.165, 1.54) is 0 Å². The second kappa shape index (κ2) is 8.68. The van der Waals surface area contributed by atoms with E-state index in [-0.39, 0.29) is 29.3 Å². The molecule has 0 unspecified atom stereocenters. The molecule has 1 aromatic rings. The van der Waals surface area contributed by atoms with Crippen molar-refractivity contribution in [1.82, 2.24) is 4.90 Å². The maximum Gasteiger partial charge on any atom is 0.310 e.